The number of hydrogen-bond donors (Lipinski definition) is 0. The van der Waals surface area contributed by atoms with Crippen LogP contribution in [-0.4, -0.2) is 79.1 Å². The average molecular weight is 491 g/mol. The fraction of sp³-hybridized carbons (Fsp3) is 0.417. The number of ether oxygens (including phenoxy) is 4. The quantitative estimate of drug-likeness (QED) is 0.527. The number of nitrogens with zero attached hydrogens (tertiary/aromatic N) is 3. The number of methoxy groups -OCH3 is 1. The van der Waals surface area contributed by atoms with Crippen LogP contribution in [0.1, 0.15) is 15.9 Å². The maximum absolute atomic E-state index is 12.9. The zero-order valence-corrected chi connectivity index (χ0v) is 19.0. The number of benzene rings is 1. The number of alkyl halides is 3. The molecule has 5 rings (SSSR count). The molecule has 0 spiro atoms. The lowest BCUT2D eigenvalue weighted by Crippen LogP contribution is -2.43. The highest BCUT2D eigenvalue weighted by atomic mass is 19.4. The van der Waals surface area contributed by atoms with Gasteiger partial charge in [0.25, 0.3) is 5.91 Å². The van der Waals surface area contributed by atoms with Crippen molar-refractivity contribution < 1.29 is 36.9 Å². The SMILES string of the molecule is COc1cc(-c2cnc3cc(OC[C@H]4COCCO4)ccn23)cc2c1C(=O)N(CC(F)(F)F)CC2. The molecule has 1 amide bonds. The number of imidazole rings is 1. The molecule has 0 unspecified atom stereocenters. The second-order valence-corrected chi connectivity index (χ2v) is 8.42. The van der Waals surface area contributed by atoms with Gasteiger partial charge >= 0.3 is 6.18 Å². The van der Waals surface area contributed by atoms with E-state index in [0.29, 0.717) is 49.8 Å². The standard InChI is InChI=1S/C24H24F3N3O5/c1-32-20-9-16(8-15-2-4-29(14-24(25,26)27)23(31)22(15)20)19-11-28-21-10-17(3-5-30(19)21)35-13-18-12-33-6-7-34-18/h3,5,8-11,18H,2,4,6-7,12-14H2,1H3/t18-/m1/s1. The molecular weight excluding hydrogens is 467 g/mol. The number of pyridine rings is 1. The van der Waals surface area contributed by atoms with Crippen LogP contribution < -0.4 is 9.47 Å². The highest BCUT2D eigenvalue weighted by Crippen LogP contribution is 2.35. The second kappa shape index (κ2) is 9.38. The van der Waals surface area contributed by atoms with Gasteiger partial charge in [-0.1, -0.05) is 0 Å². The number of aromatic nitrogens is 2. The minimum atomic E-state index is -4.46. The third kappa shape index (κ3) is 4.92. The minimum absolute atomic E-state index is 0.0124. The van der Waals surface area contributed by atoms with Gasteiger partial charge in [0.1, 0.15) is 36.4 Å². The first-order valence-corrected chi connectivity index (χ1v) is 11.2. The number of carbonyl (C=O) groups excluding carboxylic acids is 1. The Labute approximate surface area is 199 Å². The Morgan fingerprint density at radius 2 is 2.09 bits per heavy atom. The summed E-state index contributed by atoms with van der Waals surface area (Å²) < 4.78 is 62.8. The van der Waals surface area contributed by atoms with Crippen LogP contribution in [0.2, 0.25) is 0 Å². The Morgan fingerprint density at radius 1 is 1.23 bits per heavy atom. The molecular formula is C24H24F3N3O5. The topological polar surface area (TPSA) is 74.5 Å². The molecule has 0 aliphatic carbocycles. The number of halogens is 3. The molecule has 0 radical (unpaired) electrons. The van der Waals surface area contributed by atoms with Gasteiger partial charge in [0, 0.05) is 24.4 Å². The van der Waals surface area contributed by atoms with Crippen LogP contribution in [-0.2, 0) is 15.9 Å². The van der Waals surface area contributed by atoms with Crippen LogP contribution in [0.15, 0.2) is 36.7 Å². The van der Waals surface area contributed by atoms with Crippen molar-refractivity contribution in [3.05, 3.63) is 47.8 Å². The molecule has 186 valence electrons. The van der Waals surface area contributed by atoms with Gasteiger partial charge in [0.05, 0.1) is 44.4 Å². The second-order valence-electron chi connectivity index (χ2n) is 8.42. The Morgan fingerprint density at radius 3 is 2.83 bits per heavy atom. The molecule has 3 aromatic rings. The summed E-state index contributed by atoms with van der Waals surface area (Å²) in [6, 6.07) is 7.09. The van der Waals surface area contributed by atoms with Crippen molar-refractivity contribution in [3.8, 4) is 22.8 Å². The summed E-state index contributed by atoms with van der Waals surface area (Å²) in [5.41, 5.74) is 2.97. The molecule has 1 saturated heterocycles. The van der Waals surface area contributed by atoms with E-state index in [0.717, 1.165) is 16.2 Å². The van der Waals surface area contributed by atoms with Crippen LogP contribution >= 0.6 is 0 Å². The molecule has 0 bridgehead atoms. The van der Waals surface area contributed by atoms with E-state index < -0.39 is 18.6 Å². The minimum Gasteiger partial charge on any atom is -0.496 e. The van der Waals surface area contributed by atoms with E-state index in [4.69, 9.17) is 18.9 Å². The number of amides is 1. The molecule has 2 aliphatic rings. The maximum Gasteiger partial charge on any atom is 0.406 e. The van der Waals surface area contributed by atoms with Gasteiger partial charge in [-0.2, -0.15) is 13.2 Å². The summed E-state index contributed by atoms with van der Waals surface area (Å²) in [7, 11) is 1.40. The fourth-order valence-electron chi connectivity index (χ4n) is 4.39. The Hall–Kier alpha value is -3.31. The van der Waals surface area contributed by atoms with Gasteiger partial charge in [-0.05, 0) is 30.2 Å². The third-order valence-electron chi connectivity index (χ3n) is 6.03. The summed E-state index contributed by atoms with van der Waals surface area (Å²) in [5.74, 6) is 0.195. The molecule has 11 heteroatoms. The van der Waals surface area contributed by atoms with E-state index in [1.165, 1.54) is 7.11 Å². The summed E-state index contributed by atoms with van der Waals surface area (Å²) in [5, 5.41) is 0. The lowest BCUT2D eigenvalue weighted by molar-refractivity contribution is -0.141. The highest BCUT2D eigenvalue weighted by Gasteiger charge is 2.37. The lowest BCUT2D eigenvalue weighted by Gasteiger charge is -2.30. The van der Waals surface area contributed by atoms with Crippen LogP contribution in [0.5, 0.6) is 11.5 Å². The van der Waals surface area contributed by atoms with Crippen molar-refractivity contribution in [1.82, 2.24) is 14.3 Å². The summed E-state index contributed by atoms with van der Waals surface area (Å²) in [6.07, 6.45) is -0.764. The van der Waals surface area contributed by atoms with Crippen LogP contribution in [0.4, 0.5) is 13.2 Å². The van der Waals surface area contributed by atoms with Gasteiger partial charge < -0.3 is 23.8 Å². The third-order valence-corrected chi connectivity index (χ3v) is 6.03. The van der Waals surface area contributed by atoms with E-state index in [9.17, 15) is 18.0 Å². The average Bonchev–Trinajstić information content (AvgIpc) is 3.27. The molecule has 1 atom stereocenters. The first-order chi connectivity index (χ1) is 16.8. The summed E-state index contributed by atoms with van der Waals surface area (Å²) in [6.45, 7) is 0.701. The number of carbonyl (C=O) groups is 1. The molecule has 0 N–H and O–H groups in total. The lowest BCUT2D eigenvalue weighted by atomic mass is 9.94. The first-order valence-electron chi connectivity index (χ1n) is 11.2. The number of fused-ring (bicyclic) bond motifs is 2. The van der Waals surface area contributed by atoms with E-state index in [1.54, 1.807) is 18.3 Å². The van der Waals surface area contributed by atoms with Crippen LogP contribution in [0, 0.1) is 0 Å². The molecule has 1 fully saturated rings. The molecule has 0 saturated carbocycles. The maximum atomic E-state index is 12.9. The number of rotatable bonds is 6. The Bertz CT molecular complexity index is 1220. The molecule has 2 aromatic heterocycles. The molecule has 35 heavy (non-hydrogen) atoms. The monoisotopic (exact) mass is 491 g/mol. The molecule has 8 nitrogen and oxygen atoms in total. The van der Waals surface area contributed by atoms with Gasteiger partial charge in [0.2, 0.25) is 0 Å². The fourth-order valence-corrected chi connectivity index (χ4v) is 4.39. The van der Waals surface area contributed by atoms with Crippen molar-refractivity contribution >= 4 is 11.6 Å². The summed E-state index contributed by atoms with van der Waals surface area (Å²) in [4.78, 5) is 18.1. The van der Waals surface area contributed by atoms with Gasteiger partial charge in [0.15, 0.2) is 0 Å². The van der Waals surface area contributed by atoms with E-state index >= 15 is 0 Å². The predicted octanol–water partition coefficient (Wildman–Crippen LogP) is 3.36. The van der Waals surface area contributed by atoms with Gasteiger partial charge in [-0.3, -0.25) is 9.20 Å². The zero-order chi connectivity index (χ0) is 24.6. The van der Waals surface area contributed by atoms with Crippen molar-refractivity contribution in [1.29, 1.82) is 0 Å². The van der Waals surface area contributed by atoms with Crippen LogP contribution in [0.25, 0.3) is 16.9 Å². The van der Waals surface area contributed by atoms with Crippen molar-refractivity contribution in [2.24, 2.45) is 0 Å². The smallest absolute Gasteiger partial charge is 0.406 e. The van der Waals surface area contributed by atoms with Crippen molar-refractivity contribution in [2.45, 2.75) is 18.7 Å². The normalized spacial score (nSPS) is 18.6. The van der Waals surface area contributed by atoms with Gasteiger partial charge in [-0.25, -0.2) is 4.98 Å². The van der Waals surface area contributed by atoms with Crippen LogP contribution in [0.3, 0.4) is 0 Å². The number of hydrogen-bond acceptors (Lipinski definition) is 6. The largest absolute Gasteiger partial charge is 0.496 e. The molecule has 1 aromatic carbocycles. The Kier molecular flexibility index (Phi) is 6.28. The predicted molar refractivity (Wildman–Crippen MR) is 119 cm³/mol. The first kappa shape index (κ1) is 23.4. The van der Waals surface area contributed by atoms with E-state index in [-0.39, 0.29) is 24.0 Å². The van der Waals surface area contributed by atoms with Crippen molar-refractivity contribution in [3.63, 3.8) is 0 Å². The summed E-state index contributed by atoms with van der Waals surface area (Å²) >= 11 is 0. The highest BCUT2D eigenvalue weighted by molar-refractivity contribution is 6.00. The van der Waals surface area contributed by atoms with E-state index in [1.807, 2.05) is 22.7 Å². The Balaban J connectivity index is 1.40. The molecule has 4 heterocycles. The van der Waals surface area contributed by atoms with Gasteiger partial charge in [-0.15, -0.1) is 0 Å². The zero-order valence-electron chi connectivity index (χ0n) is 19.0. The van der Waals surface area contributed by atoms with E-state index in [2.05, 4.69) is 4.98 Å². The van der Waals surface area contributed by atoms with Crippen molar-refractivity contribution in [2.75, 3.05) is 46.6 Å². The molecule has 2 aliphatic heterocycles.